The molecule has 2 heteroatoms. The van der Waals surface area contributed by atoms with Gasteiger partial charge >= 0.3 is 5.97 Å². The van der Waals surface area contributed by atoms with Gasteiger partial charge in [-0.3, -0.25) is 4.79 Å². The zero-order chi connectivity index (χ0) is 20.3. The largest absolute Gasteiger partial charge is 0.465 e. The third-order valence-corrected chi connectivity index (χ3v) is 8.75. The molecule has 0 aromatic heterocycles. The van der Waals surface area contributed by atoms with E-state index >= 15 is 0 Å². The van der Waals surface area contributed by atoms with Crippen LogP contribution in [0, 0.1) is 40.9 Å². The fourth-order valence-corrected chi connectivity index (χ4v) is 7.25. The summed E-state index contributed by atoms with van der Waals surface area (Å²) in [5, 5.41) is 0. The van der Waals surface area contributed by atoms with Gasteiger partial charge in [-0.1, -0.05) is 58.6 Å². The van der Waals surface area contributed by atoms with E-state index in [0.29, 0.717) is 30.3 Å². The molecule has 0 bridgehead atoms. The van der Waals surface area contributed by atoms with Crippen LogP contribution >= 0.6 is 0 Å². The maximum absolute atomic E-state index is 12.1. The number of allylic oxidation sites excluding steroid dienone is 1. The molecule has 3 aliphatic rings. The molecule has 1 heterocycles. The van der Waals surface area contributed by atoms with Crippen molar-refractivity contribution in [1.82, 2.24) is 0 Å². The minimum absolute atomic E-state index is 0.0237. The number of rotatable bonds is 5. The van der Waals surface area contributed by atoms with E-state index < -0.39 is 0 Å². The topological polar surface area (TPSA) is 26.3 Å². The average Bonchev–Trinajstić information content (AvgIpc) is 2.99. The first-order valence-electron chi connectivity index (χ1n) is 12.1. The smallest absolute Gasteiger partial charge is 0.305 e. The molecule has 0 spiro atoms. The number of fused-ring (bicyclic) bond motifs is 3. The van der Waals surface area contributed by atoms with Gasteiger partial charge in [0.05, 0.1) is 6.61 Å². The number of carbonyl (C=O) groups is 1. The van der Waals surface area contributed by atoms with E-state index in [1.807, 2.05) is 0 Å². The molecule has 0 radical (unpaired) electrons. The third-order valence-electron chi connectivity index (χ3n) is 8.75. The number of carbonyl (C=O) groups excluding carboxylic acids is 1. The van der Waals surface area contributed by atoms with Gasteiger partial charge in [0.1, 0.15) is 0 Å². The lowest BCUT2D eigenvalue weighted by Gasteiger charge is -2.50. The van der Waals surface area contributed by atoms with Crippen LogP contribution in [0.4, 0.5) is 0 Å². The van der Waals surface area contributed by atoms with E-state index in [4.69, 9.17) is 4.74 Å². The second kappa shape index (κ2) is 9.35. The molecule has 6 atom stereocenters. The van der Waals surface area contributed by atoms with Crippen molar-refractivity contribution in [1.29, 1.82) is 0 Å². The maximum atomic E-state index is 12.1. The highest BCUT2D eigenvalue weighted by Gasteiger charge is 2.54. The van der Waals surface area contributed by atoms with E-state index in [1.165, 1.54) is 44.9 Å². The zero-order valence-electron chi connectivity index (χ0n) is 19.1. The Morgan fingerprint density at radius 1 is 1.14 bits per heavy atom. The second-order valence-electron chi connectivity index (χ2n) is 10.9. The van der Waals surface area contributed by atoms with Crippen LogP contribution in [0.3, 0.4) is 0 Å². The van der Waals surface area contributed by atoms with Crippen LogP contribution in [0.5, 0.6) is 0 Å². The molecule has 0 saturated heterocycles. The molecule has 1 aliphatic heterocycles. The predicted octanol–water partition coefficient (Wildman–Crippen LogP) is 7.18. The van der Waals surface area contributed by atoms with Gasteiger partial charge in [0.25, 0.3) is 0 Å². The van der Waals surface area contributed by atoms with Gasteiger partial charge in [-0.25, -0.2) is 0 Å². The molecule has 0 amide bonds. The van der Waals surface area contributed by atoms with E-state index in [2.05, 4.69) is 40.7 Å². The molecule has 2 aliphatic carbocycles. The first-order chi connectivity index (χ1) is 13.3. The molecular formula is C26H44O2. The molecular weight excluding hydrogens is 344 g/mol. The molecule has 28 heavy (non-hydrogen) atoms. The highest BCUT2D eigenvalue weighted by Crippen LogP contribution is 2.62. The van der Waals surface area contributed by atoms with E-state index in [9.17, 15) is 4.79 Å². The summed E-state index contributed by atoms with van der Waals surface area (Å²) in [6.07, 6.45) is 14.5. The lowest BCUT2D eigenvalue weighted by molar-refractivity contribution is -0.144. The quantitative estimate of drug-likeness (QED) is 0.368. The van der Waals surface area contributed by atoms with Gasteiger partial charge < -0.3 is 4.74 Å². The molecule has 2 fully saturated rings. The van der Waals surface area contributed by atoms with Crippen LogP contribution in [-0.4, -0.2) is 12.6 Å². The Labute approximate surface area is 173 Å². The molecule has 0 unspecified atom stereocenters. The third kappa shape index (κ3) is 4.68. The maximum Gasteiger partial charge on any atom is 0.305 e. The zero-order valence-corrected chi connectivity index (χ0v) is 19.1. The molecule has 0 aromatic carbocycles. The van der Waals surface area contributed by atoms with Gasteiger partial charge in [0.15, 0.2) is 0 Å². The Hall–Kier alpha value is -0.790. The van der Waals surface area contributed by atoms with Crippen LogP contribution in [0.25, 0.3) is 0 Å². The van der Waals surface area contributed by atoms with Crippen molar-refractivity contribution in [3.8, 4) is 0 Å². The van der Waals surface area contributed by atoms with Crippen LogP contribution in [0.1, 0.15) is 98.8 Å². The van der Waals surface area contributed by atoms with Gasteiger partial charge in [0, 0.05) is 6.42 Å². The summed E-state index contributed by atoms with van der Waals surface area (Å²) in [5.41, 5.74) is 2.05. The summed E-state index contributed by atoms with van der Waals surface area (Å²) < 4.78 is 5.42. The van der Waals surface area contributed by atoms with E-state index in [1.54, 1.807) is 5.57 Å². The van der Waals surface area contributed by atoms with Crippen LogP contribution in [0.15, 0.2) is 11.6 Å². The van der Waals surface area contributed by atoms with Crippen LogP contribution in [-0.2, 0) is 9.53 Å². The molecule has 3 rings (SSSR count). The van der Waals surface area contributed by atoms with Crippen LogP contribution in [0.2, 0.25) is 0 Å². The lowest BCUT2D eigenvalue weighted by atomic mass is 9.54. The predicted molar refractivity (Wildman–Crippen MR) is 117 cm³/mol. The summed E-state index contributed by atoms with van der Waals surface area (Å²) in [6.45, 7) is 12.7. The van der Waals surface area contributed by atoms with Crippen molar-refractivity contribution >= 4 is 5.97 Å². The van der Waals surface area contributed by atoms with Gasteiger partial charge in [-0.05, 0) is 86.4 Å². The second-order valence-corrected chi connectivity index (χ2v) is 10.9. The highest BCUT2D eigenvalue weighted by atomic mass is 16.5. The summed E-state index contributed by atoms with van der Waals surface area (Å²) in [6, 6.07) is 0. The minimum atomic E-state index is 0.0237. The molecule has 2 saturated carbocycles. The SMILES string of the molecule is C/C1=C/CCOC(=O)CC[C@@H]2[C@@H]1CC[C@]1(C)[C@@H]([C@H](C)CCCC(C)C)CC[C@@H]21. The number of hydrogen-bond acceptors (Lipinski definition) is 2. The summed E-state index contributed by atoms with van der Waals surface area (Å²) in [4.78, 5) is 12.1. The van der Waals surface area contributed by atoms with Crippen LogP contribution < -0.4 is 0 Å². The summed E-state index contributed by atoms with van der Waals surface area (Å²) in [5.74, 6) is 4.72. The number of ether oxygens (including phenoxy) is 1. The fourth-order valence-electron chi connectivity index (χ4n) is 7.25. The Bertz CT molecular complexity index is 563. The minimum Gasteiger partial charge on any atom is -0.465 e. The number of hydrogen-bond donors (Lipinski definition) is 0. The van der Waals surface area contributed by atoms with E-state index in [-0.39, 0.29) is 5.97 Å². The van der Waals surface area contributed by atoms with Crippen molar-refractivity contribution in [3.63, 3.8) is 0 Å². The Morgan fingerprint density at radius 2 is 1.93 bits per heavy atom. The normalized spacial score (nSPS) is 39.5. The number of esters is 1. The van der Waals surface area contributed by atoms with Crippen molar-refractivity contribution in [2.75, 3.05) is 6.61 Å². The average molecular weight is 389 g/mol. The Balaban J connectivity index is 1.74. The standard InChI is InChI=1S/C26H44O2/c1-18(2)8-6-9-20(4)23-12-13-24-22-11-14-25(27)28-17-7-10-19(3)21(22)15-16-26(23,24)5/h10,18,20-24H,6-9,11-17H2,1-5H3/b19-10-/t20-,21-,22-,23-,24+,26-/m1/s1. The monoisotopic (exact) mass is 388 g/mol. The van der Waals surface area contributed by atoms with Crippen molar-refractivity contribution in [3.05, 3.63) is 11.6 Å². The lowest BCUT2D eigenvalue weighted by Crippen LogP contribution is -2.43. The highest BCUT2D eigenvalue weighted by molar-refractivity contribution is 5.69. The molecule has 160 valence electrons. The first-order valence-corrected chi connectivity index (χ1v) is 12.1. The number of cyclic esters (lactones) is 1. The van der Waals surface area contributed by atoms with Crippen molar-refractivity contribution in [2.24, 2.45) is 40.9 Å². The molecule has 2 nitrogen and oxygen atoms in total. The summed E-state index contributed by atoms with van der Waals surface area (Å²) >= 11 is 0. The van der Waals surface area contributed by atoms with E-state index in [0.717, 1.165) is 36.5 Å². The van der Waals surface area contributed by atoms with Crippen molar-refractivity contribution in [2.45, 2.75) is 98.8 Å². The van der Waals surface area contributed by atoms with Gasteiger partial charge in [-0.2, -0.15) is 0 Å². The van der Waals surface area contributed by atoms with Gasteiger partial charge in [0.2, 0.25) is 0 Å². The Morgan fingerprint density at radius 3 is 2.68 bits per heavy atom. The fraction of sp³-hybridized carbons (Fsp3) is 0.885. The van der Waals surface area contributed by atoms with Gasteiger partial charge in [-0.15, -0.1) is 0 Å². The summed E-state index contributed by atoms with van der Waals surface area (Å²) in [7, 11) is 0. The molecule has 0 N–H and O–H groups in total. The first kappa shape index (κ1) is 21.9. The van der Waals surface area contributed by atoms with Crippen molar-refractivity contribution < 1.29 is 9.53 Å². The molecule has 0 aromatic rings. The Kier molecular flexibility index (Phi) is 7.32.